The van der Waals surface area contributed by atoms with E-state index >= 15 is 0 Å². The van der Waals surface area contributed by atoms with Crippen molar-refractivity contribution >= 4 is 11.7 Å². The Hall–Kier alpha value is -2.36. The van der Waals surface area contributed by atoms with Crippen LogP contribution in [-0.2, 0) is 6.54 Å². The summed E-state index contributed by atoms with van der Waals surface area (Å²) in [5.74, 6) is -0.903. The number of pyridine rings is 1. The van der Waals surface area contributed by atoms with E-state index in [-0.39, 0.29) is 0 Å². The molecule has 0 radical (unpaired) electrons. The summed E-state index contributed by atoms with van der Waals surface area (Å²) >= 11 is 0. The van der Waals surface area contributed by atoms with Gasteiger partial charge in [-0.25, -0.2) is 4.79 Å². The lowest BCUT2D eigenvalue weighted by atomic mass is 10.1. The second kappa shape index (κ2) is 5.52. The number of carboxylic acid groups (broad SMARTS) is 1. The molecular formula is C15H16N2O2. The highest BCUT2D eigenvalue weighted by Gasteiger charge is 2.15. The van der Waals surface area contributed by atoms with Crippen LogP contribution in [0.5, 0.6) is 0 Å². The highest BCUT2D eigenvalue weighted by Crippen LogP contribution is 2.25. The van der Waals surface area contributed by atoms with Gasteiger partial charge in [-0.3, -0.25) is 4.98 Å². The minimum Gasteiger partial charge on any atom is -0.478 e. The second-order valence-corrected chi connectivity index (χ2v) is 4.49. The van der Waals surface area contributed by atoms with E-state index in [9.17, 15) is 9.90 Å². The summed E-state index contributed by atoms with van der Waals surface area (Å²) in [7, 11) is 1.90. The molecule has 0 atom stereocenters. The molecule has 0 unspecified atom stereocenters. The summed E-state index contributed by atoms with van der Waals surface area (Å²) in [6.07, 6.45) is 3.47. The monoisotopic (exact) mass is 256 g/mol. The number of hydrogen-bond acceptors (Lipinski definition) is 3. The molecule has 0 saturated heterocycles. The molecule has 0 saturated carbocycles. The topological polar surface area (TPSA) is 53.4 Å². The minimum absolute atomic E-state index is 0.330. The molecule has 0 spiro atoms. The van der Waals surface area contributed by atoms with Gasteiger partial charge in [0.1, 0.15) is 0 Å². The summed E-state index contributed by atoms with van der Waals surface area (Å²) in [6.45, 7) is 2.57. The molecule has 0 aliphatic rings. The maximum absolute atomic E-state index is 11.3. The number of aromatic nitrogens is 1. The van der Waals surface area contributed by atoms with Crippen LogP contribution in [0.25, 0.3) is 0 Å². The third kappa shape index (κ3) is 2.91. The molecule has 98 valence electrons. The van der Waals surface area contributed by atoms with Crippen molar-refractivity contribution in [1.82, 2.24) is 4.98 Å². The average Bonchev–Trinajstić information content (AvgIpc) is 2.39. The van der Waals surface area contributed by atoms with Crippen LogP contribution in [0.2, 0.25) is 0 Å². The van der Waals surface area contributed by atoms with Crippen molar-refractivity contribution in [1.29, 1.82) is 0 Å². The number of carboxylic acids is 1. The van der Waals surface area contributed by atoms with Crippen LogP contribution < -0.4 is 4.90 Å². The van der Waals surface area contributed by atoms with Crippen LogP contribution in [0.3, 0.4) is 0 Å². The number of aryl methyl sites for hydroxylation is 1. The third-order valence-electron chi connectivity index (χ3n) is 3.02. The summed E-state index contributed by atoms with van der Waals surface area (Å²) < 4.78 is 0. The van der Waals surface area contributed by atoms with Crippen molar-refractivity contribution in [3.63, 3.8) is 0 Å². The van der Waals surface area contributed by atoms with Crippen molar-refractivity contribution in [2.24, 2.45) is 0 Å². The molecule has 0 bridgehead atoms. The van der Waals surface area contributed by atoms with Crippen LogP contribution in [-0.4, -0.2) is 23.1 Å². The van der Waals surface area contributed by atoms with Crippen LogP contribution in [0.1, 0.15) is 21.5 Å². The molecule has 0 aliphatic carbocycles. The lowest BCUT2D eigenvalue weighted by Gasteiger charge is -2.23. The molecular weight excluding hydrogens is 240 g/mol. The first-order valence-corrected chi connectivity index (χ1v) is 6.02. The normalized spacial score (nSPS) is 10.2. The molecule has 0 amide bonds. The Labute approximate surface area is 112 Å². The number of aromatic carboxylic acids is 1. The summed E-state index contributed by atoms with van der Waals surface area (Å²) in [4.78, 5) is 17.2. The molecule has 0 fully saturated rings. The summed E-state index contributed by atoms with van der Waals surface area (Å²) in [6, 6.07) is 9.17. The fourth-order valence-electron chi connectivity index (χ4n) is 2.18. The largest absolute Gasteiger partial charge is 0.478 e. The van der Waals surface area contributed by atoms with Crippen molar-refractivity contribution in [3.8, 4) is 0 Å². The van der Waals surface area contributed by atoms with Gasteiger partial charge in [0.05, 0.1) is 11.3 Å². The zero-order chi connectivity index (χ0) is 13.8. The van der Waals surface area contributed by atoms with Crippen LogP contribution in [0.4, 0.5) is 5.69 Å². The lowest BCUT2D eigenvalue weighted by molar-refractivity contribution is 0.0697. The first-order chi connectivity index (χ1) is 9.09. The summed E-state index contributed by atoms with van der Waals surface area (Å²) in [5.41, 5.74) is 3.14. The molecule has 1 heterocycles. The molecule has 4 nitrogen and oxygen atoms in total. The lowest BCUT2D eigenvalue weighted by Crippen LogP contribution is -2.20. The predicted molar refractivity (Wildman–Crippen MR) is 74.5 cm³/mol. The molecule has 2 aromatic rings. The standard InChI is InChI=1S/C15H16N2O2/c1-11-4-3-5-13(15(18)19)14(11)17(2)10-12-6-8-16-9-7-12/h3-9H,10H2,1-2H3,(H,18,19). The SMILES string of the molecule is Cc1cccc(C(=O)O)c1N(C)Cc1ccncc1. The van der Waals surface area contributed by atoms with E-state index in [1.54, 1.807) is 24.5 Å². The maximum Gasteiger partial charge on any atom is 0.337 e. The fourth-order valence-corrected chi connectivity index (χ4v) is 2.18. The van der Waals surface area contributed by atoms with Crippen molar-refractivity contribution in [2.45, 2.75) is 13.5 Å². The van der Waals surface area contributed by atoms with Gasteiger partial charge >= 0.3 is 5.97 Å². The van der Waals surface area contributed by atoms with Gasteiger partial charge in [-0.05, 0) is 36.2 Å². The Bertz CT molecular complexity index is 582. The Kier molecular flexibility index (Phi) is 3.80. The van der Waals surface area contributed by atoms with E-state index in [1.807, 2.05) is 37.1 Å². The Morgan fingerprint density at radius 3 is 2.58 bits per heavy atom. The minimum atomic E-state index is -0.903. The van der Waals surface area contributed by atoms with Gasteiger partial charge in [0, 0.05) is 26.0 Å². The quantitative estimate of drug-likeness (QED) is 0.913. The molecule has 1 aromatic carbocycles. The highest BCUT2D eigenvalue weighted by molar-refractivity contribution is 5.95. The molecule has 2 rings (SSSR count). The van der Waals surface area contributed by atoms with Crippen LogP contribution >= 0.6 is 0 Å². The average molecular weight is 256 g/mol. The first-order valence-electron chi connectivity index (χ1n) is 6.02. The molecule has 1 aromatic heterocycles. The van der Waals surface area contributed by atoms with Gasteiger partial charge in [0.25, 0.3) is 0 Å². The number of carbonyl (C=O) groups is 1. The molecule has 4 heteroatoms. The van der Waals surface area contributed by atoms with Crippen LogP contribution in [0, 0.1) is 6.92 Å². The number of nitrogens with zero attached hydrogens (tertiary/aromatic N) is 2. The Balaban J connectivity index is 2.33. The zero-order valence-electron chi connectivity index (χ0n) is 11.0. The van der Waals surface area contributed by atoms with Gasteiger partial charge < -0.3 is 10.0 Å². The van der Waals surface area contributed by atoms with Gasteiger partial charge in [0.15, 0.2) is 0 Å². The van der Waals surface area contributed by atoms with E-state index in [1.165, 1.54) is 0 Å². The van der Waals surface area contributed by atoms with Crippen molar-refractivity contribution in [2.75, 3.05) is 11.9 Å². The molecule has 0 aliphatic heterocycles. The van der Waals surface area contributed by atoms with Gasteiger partial charge in [0.2, 0.25) is 0 Å². The van der Waals surface area contributed by atoms with Crippen LogP contribution in [0.15, 0.2) is 42.7 Å². The predicted octanol–water partition coefficient (Wildman–Crippen LogP) is 2.72. The number of rotatable bonds is 4. The fraction of sp³-hybridized carbons (Fsp3) is 0.200. The van der Waals surface area contributed by atoms with E-state index in [0.29, 0.717) is 12.1 Å². The van der Waals surface area contributed by atoms with Gasteiger partial charge in [-0.15, -0.1) is 0 Å². The van der Waals surface area contributed by atoms with E-state index in [4.69, 9.17) is 0 Å². The Morgan fingerprint density at radius 2 is 1.95 bits per heavy atom. The van der Waals surface area contributed by atoms with Crippen molar-refractivity contribution in [3.05, 3.63) is 59.4 Å². The van der Waals surface area contributed by atoms with Gasteiger partial charge in [-0.2, -0.15) is 0 Å². The summed E-state index contributed by atoms with van der Waals surface area (Å²) in [5, 5.41) is 9.27. The maximum atomic E-state index is 11.3. The van der Waals surface area contributed by atoms with Crippen molar-refractivity contribution < 1.29 is 9.90 Å². The molecule has 19 heavy (non-hydrogen) atoms. The zero-order valence-corrected chi connectivity index (χ0v) is 11.0. The highest BCUT2D eigenvalue weighted by atomic mass is 16.4. The number of para-hydroxylation sites is 1. The third-order valence-corrected chi connectivity index (χ3v) is 3.02. The number of benzene rings is 1. The number of anilines is 1. The van der Waals surface area contributed by atoms with E-state index < -0.39 is 5.97 Å². The first kappa shape index (κ1) is 13.1. The van der Waals surface area contributed by atoms with E-state index in [0.717, 1.165) is 16.8 Å². The smallest absolute Gasteiger partial charge is 0.337 e. The Morgan fingerprint density at radius 1 is 1.26 bits per heavy atom. The number of hydrogen-bond donors (Lipinski definition) is 1. The molecule has 1 N–H and O–H groups in total. The van der Waals surface area contributed by atoms with E-state index in [2.05, 4.69) is 4.98 Å². The second-order valence-electron chi connectivity index (χ2n) is 4.49. The van der Waals surface area contributed by atoms with Gasteiger partial charge in [-0.1, -0.05) is 12.1 Å².